The maximum Gasteiger partial charge on any atom is 0.359 e. The lowest BCUT2D eigenvalue weighted by Crippen LogP contribution is -2.13. The predicted molar refractivity (Wildman–Crippen MR) is 62.2 cm³/mol. The van der Waals surface area contributed by atoms with E-state index in [1.54, 1.807) is 6.92 Å². The van der Waals surface area contributed by atoms with E-state index in [4.69, 9.17) is 10.5 Å². The molecule has 0 aliphatic rings. The van der Waals surface area contributed by atoms with Gasteiger partial charge >= 0.3 is 5.97 Å². The molecule has 0 bridgehead atoms. The summed E-state index contributed by atoms with van der Waals surface area (Å²) in [5, 5.41) is 0.118. The SMILES string of the molecule is CCOC(=O)c1ncc(C(F)F)c(CBr)c1N. The first kappa shape index (κ1) is 13.8. The van der Waals surface area contributed by atoms with E-state index in [1.807, 2.05) is 0 Å². The molecule has 4 nitrogen and oxygen atoms in total. The van der Waals surface area contributed by atoms with Gasteiger partial charge in [0.15, 0.2) is 5.69 Å². The molecular weight excluding hydrogens is 298 g/mol. The lowest BCUT2D eigenvalue weighted by molar-refractivity contribution is 0.0520. The van der Waals surface area contributed by atoms with Gasteiger partial charge in [-0.05, 0) is 12.5 Å². The normalized spacial score (nSPS) is 10.6. The monoisotopic (exact) mass is 308 g/mol. The minimum absolute atomic E-state index is 0.0712. The number of carbonyl (C=O) groups is 1. The predicted octanol–water partition coefficient (Wildman–Crippen LogP) is 2.67. The molecule has 1 aromatic heterocycles. The Morgan fingerprint density at radius 1 is 1.65 bits per heavy atom. The summed E-state index contributed by atoms with van der Waals surface area (Å²) >= 11 is 3.06. The van der Waals surface area contributed by atoms with Crippen LogP contribution in [0.3, 0.4) is 0 Å². The third kappa shape index (κ3) is 2.91. The summed E-state index contributed by atoms with van der Waals surface area (Å²) in [6.45, 7) is 1.80. The lowest BCUT2D eigenvalue weighted by Gasteiger charge is -2.12. The van der Waals surface area contributed by atoms with E-state index in [2.05, 4.69) is 20.9 Å². The summed E-state index contributed by atoms with van der Waals surface area (Å²) in [6, 6.07) is 0. The molecule has 0 fully saturated rings. The molecule has 0 aromatic carbocycles. The van der Waals surface area contributed by atoms with Gasteiger partial charge in [0.2, 0.25) is 0 Å². The average Bonchev–Trinajstić information content (AvgIpc) is 2.28. The van der Waals surface area contributed by atoms with Gasteiger partial charge in [-0.3, -0.25) is 0 Å². The van der Waals surface area contributed by atoms with Crippen molar-refractivity contribution in [2.24, 2.45) is 0 Å². The second-order valence-corrected chi connectivity index (χ2v) is 3.67. The second-order valence-electron chi connectivity index (χ2n) is 3.11. The topological polar surface area (TPSA) is 65.2 Å². The average molecular weight is 309 g/mol. The van der Waals surface area contributed by atoms with Crippen LogP contribution in [0.2, 0.25) is 0 Å². The van der Waals surface area contributed by atoms with Crippen molar-refractivity contribution in [3.8, 4) is 0 Å². The Balaban J connectivity index is 3.24. The Morgan fingerprint density at radius 2 is 2.29 bits per heavy atom. The molecule has 0 unspecified atom stereocenters. The summed E-state index contributed by atoms with van der Waals surface area (Å²) in [6.07, 6.45) is -1.74. The van der Waals surface area contributed by atoms with E-state index in [0.717, 1.165) is 6.20 Å². The summed E-state index contributed by atoms with van der Waals surface area (Å²) in [7, 11) is 0. The molecule has 1 aromatic rings. The standard InChI is InChI=1S/C10H11BrF2N2O2/c1-2-17-10(16)8-7(14)5(3-11)6(4-15-8)9(12)13/h4,9H,2-3,14H2,1H3. The van der Waals surface area contributed by atoms with Crippen LogP contribution in [0.5, 0.6) is 0 Å². The summed E-state index contributed by atoms with van der Waals surface area (Å²) < 4.78 is 30.0. The molecule has 7 heteroatoms. The first-order valence-corrected chi connectivity index (χ1v) is 5.93. The smallest absolute Gasteiger partial charge is 0.359 e. The number of ether oxygens (including phenoxy) is 1. The second kappa shape index (κ2) is 5.90. The minimum Gasteiger partial charge on any atom is -0.461 e. The molecule has 0 aliphatic heterocycles. The van der Waals surface area contributed by atoms with Crippen molar-refractivity contribution in [3.63, 3.8) is 0 Å². The van der Waals surface area contributed by atoms with Gasteiger partial charge in [-0.1, -0.05) is 15.9 Å². The van der Waals surface area contributed by atoms with Crippen molar-refractivity contribution >= 4 is 27.6 Å². The molecule has 0 aliphatic carbocycles. The van der Waals surface area contributed by atoms with Gasteiger partial charge in [-0.2, -0.15) is 0 Å². The lowest BCUT2D eigenvalue weighted by atomic mass is 10.1. The van der Waals surface area contributed by atoms with Crippen LogP contribution in [0, 0.1) is 0 Å². The molecule has 0 saturated heterocycles. The Bertz CT molecular complexity index is 427. The van der Waals surface area contributed by atoms with E-state index >= 15 is 0 Å². The molecular formula is C10H11BrF2N2O2. The highest BCUT2D eigenvalue weighted by molar-refractivity contribution is 9.08. The Morgan fingerprint density at radius 3 is 2.76 bits per heavy atom. The maximum absolute atomic E-state index is 12.6. The summed E-state index contributed by atoms with van der Waals surface area (Å²) in [5.41, 5.74) is 5.31. The third-order valence-electron chi connectivity index (χ3n) is 2.10. The molecule has 1 heterocycles. The fraction of sp³-hybridized carbons (Fsp3) is 0.400. The Hall–Kier alpha value is -1.24. The summed E-state index contributed by atoms with van der Waals surface area (Å²) in [4.78, 5) is 15.1. The number of pyridine rings is 1. The number of halogens is 3. The molecule has 0 atom stereocenters. The molecule has 2 N–H and O–H groups in total. The largest absolute Gasteiger partial charge is 0.461 e. The van der Waals surface area contributed by atoms with Crippen LogP contribution < -0.4 is 5.73 Å². The van der Waals surface area contributed by atoms with Crippen LogP contribution in [0.1, 0.15) is 35.0 Å². The van der Waals surface area contributed by atoms with Gasteiger partial charge in [0, 0.05) is 17.1 Å². The van der Waals surface area contributed by atoms with E-state index < -0.39 is 12.4 Å². The number of nitrogen functional groups attached to an aromatic ring is 1. The molecule has 0 radical (unpaired) electrons. The number of nitrogens with zero attached hydrogens (tertiary/aromatic N) is 1. The number of carbonyl (C=O) groups excluding carboxylic acids is 1. The van der Waals surface area contributed by atoms with Crippen molar-refractivity contribution in [2.75, 3.05) is 12.3 Å². The first-order valence-electron chi connectivity index (χ1n) is 4.81. The first-order chi connectivity index (χ1) is 8.02. The minimum atomic E-state index is -2.69. The van der Waals surface area contributed by atoms with Gasteiger partial charge in [0.1, 0.15) is 0 Å². The fourth-order valence-electron chi connectivity index (χ4n) is 1.28. The molecule has 1 rings (SSSR count). The number of hydrogen-bond acceptors (Lipinski definition) is 4. The number of alkyl halides is 3. The maximum atomic E-state index is 12.6. The van der Waals surface area contributed by atoms with Crippen LogP contribution in [0.4, 0.5) is 14.5 Å². The van der Waals surface area contributed by atoms with Crippen LogP contribution in [0.15, 0.2) is 6.20 Å². The fourth-order valence-corrected chi connectivity index (χ4v) is 1.91. The van der Waals surface area contributed by atoms with Crippen LogP contribution >= 0.6 is 15.9 Å². The van der Waals surface area contributed by atoms with Crippen LogP contribution in [0.25, 0.3) is 0 Å². The number of hydrogen-bond donors (Lipinski definition) is 1. The van der Waals surface area contributed by atoms with Gasteiger partial charge in [0.05, 0.1) is 12.3 Å². The highest BCUT2D eigenvalue weighted by atomic mass is 79.9. The third-order valence-corrected chi connectivity index (χ3v) is 2.66. The number of rotatable bonds is 4. The van der Waals surface area contributed by atoms with Gasteiger partial charge < -0.3 is 10.5 Å². The zero-order valence-corrected chi connectivity index (χ0v) is 10.6. The van der Waals surface area contributed by atoms with Gasteiger partial charge in [-0.15, -0.1) is 0 Å². The Labute approximate surface area is 105 Å². The van der Waals surface area contributed by atoms with Crippen molar-refractivity contribution in [1.29, 1.82) is 0 Å². The number of anilines is 1. The van der Waals surface area contributed by atoms with Crippen molar-refractivity contribution < 1.29 is 18.3 Å². The van der Waals surface area contributed by atoms with E-state index in [-0.39, 0.29) is 34.4 Å². The van der Waals surface area contributed by atoms with Crippen molar-refractivity contribution in [1.82, 2.24) is 4.98 Å². The van der Waals surface area contributed by atoms with E-state index in [0.29, 0.717) is 0 Å². The zero-order chi connectivity index (χ0) is 13.0. The quantitative estimate of drug-likeness (QED) is 0.686. The Kier molecular flexibility index (Phi) is 4.80. The number of nitrogens with two attached hydrogens (primary N) is 1. The summed E-state index contributed by atoms with van der Waals surface area (Å²) in [5.74, 6) is -0.715. The van der Waals surface area contributed by atoms with Crippen molar-refractivity contribution in [2.45, 2.75) is 18.7 Å². The molecule has 0 spiro atoms. The molecule has 0 amide bonds. The zero-order valence-electron chi connectivity index (χ0n) is 9.04. The van der Waals surface area contributed by atoms with Gasteiger partial charge in [-0.25, -0.2) is 18.6 Å². The van der Waals surface area contributed by atoms with Gasteiger partial charge in [0.25, 0.3) is 6.43 Å². The van der Waals surface area contributed by atoms with Crippen LogP contribution in [-0.4, -0.2) is 17.6 Å². The van der Waals surface area contributed by atoms with Crippen molar-refractivity contribution in [3.05, 3.63) is 23.0 Å². The van der Waals surface area contributed by atoms with E-state index in [1.165, 1.54) is 0 Å². The molecule has 94 valence electrons. The number of aromatic nitrogens is 1. The highest BCUT2D eigenvalue weighted by Gasteiger charge is 2.21. The number of esters is 1. The molecule has 0 saturated carbocycles. The highest BCUT2D eigenvalue weighted by Crippen LogP contribution is 2.29. The molecule has 17 heavy (non-hydrogen) atoms. The van der Waals surface area contributed by atoms with Crippen LogP contribution in [-0.2, 0) is 10.1 Å². The van der Waals surface area contributed by atoms with E-state index in [9.17, 15) is 13.6 Å².